The third-order valence-electron chi connectivity index (χ3n) is 7.46. The number of H-pyrrole nitrogens is 2. The van der Waals surface area contributed by atoms with E-state index < -0.39 is 0 Å². The van der Waals surface area contributed by atoms with Gasteiger partial charge in [-0.1, -0.05) is 97.1 Å². The molecule has 198 valence electrons. The Hall–Kier alpha value is -5.27. The van der Waals surface area contributed by atoms with Gasteiger partial charge >= 0.3 is 16.5 Å². The number of aromatic nitrogens is 8. The first kappa shape index (κ1) is 24.5. The molecule has 2 aliphatic heterocycles. The van der Waals surface area contributed by atoms with Crippen molar-refractivity contribution in [1.29, 1.82) is 0 Å². The molecule has 0 saturated carbocycles. The zero-order valence-corrected chi connectivity index (χ0v) is 24.5. The van der Waals surface area contributed by atoms with Crippen molar-refractivity contribution in [3.63, 3.8) is 0 Å². The Morgan fingerprint density at radius 2 is 0.595 bits per heavy atom. The Balaban J connectivity index is 0.00000131. The van der Waals surface area contributed by atoms with Gasteiger partial charge in [-0.25, -0.2) is 29.9 Å². The van der Waals surface area contributed by atoms with E-state index in [0.717, 1.165) is 60.3 Å². The van der Waals surface area contributed by atoms with Gasteiger partial charge in [0.1, 0.15) is 22.6 Å². The van der Waals surface area contributed by atoms with Crippen molar-refractivity contribution >= 4 is 60.6 Å². The third-order valence-corrected chi connectivity index (χ3v) is 7.46. The van der Waals surface area contributed by atoms with Gasteiger partial charge < -0.3 is 14.7 Å². The molecule has 7 aromatic rings. The second kappa shape index (κ2) is 9.68. The maximum atomic E-state index is 5.02. The molecule has 0 saturated heterocycles. The zero-order chi connectivity index (χ0) is 28.2. The fourth-order valence-electron chi connectivity index (χ4n) is 5.59. The summed E-state index contributed by atoms with van der Waals surface area (Å²) in [6.45, 7) is 0. The number of fused-ring (bicyclic) bond motifs is 20. The lowest BCUT2D eigenvalue weighted by Gasteiger charge is -1.96. The van der Waals surface area contributed by atoms with Crippen molar-refractivity contribution in [3.8, 4) is 45.6 Å². The number of nitrogens with two attached hydrogens (primary N) is 1. The van der Waals surface area contributed by atoms with Crippen LogP contribution in [0.15, 0.2) is 97.1 Å². The fraction of sp³-hybridized carbons (Fsp3) is 0. The predicted octanol–water partition coefficient (Wildman–Crippen LogP) is 5.36. The second-order valence-electron chi connectivity index (χ2n) is 9.79. The van der Waals surface area contributed by atoms with E-state index in [1.807, 2.05) is 97.1 Å². The summed E-state index contributed by atoms with van der Waals surface area (Å²) in [6, 6.07) is 32.2. The summed E-state index contributed by atoms with van der Waals surface area (Å²) < 4.78 is 4.64. The Kier molecular flexibility index (Phi) is 5.65. The molecule has 9 nitrogen and oxygen atoms in total. The first-order chi connectivity index (χ1) is 20.8. The molecule has 4 N–H and O–H groups in total. The summed E-state index contributed by atoms with van der Waals surface area (Å²) in [7, 11) is 0. The fourth-order valence-corrected chi connectivity index (χ4v) is 5.59. The molecule has 0 radical (unpaired) electrons. The van der Waals surface area contributed by atoms with Gasteiger partial charge in [0.05, 0.1) is 0 Å². The molecule has 0 spiro atoms. The average Bonchev–Trinajstić information content (AvgIpc) is 3.78. The quantitative estimate of drug-likeness (QED) is 0.213. The minimum absolute atomic E-state index is 0.597. The van der Waals surface area contributed by atoms with Gasteiger partial charge in [0.15, 0.2) is 23.3 Å². The van der Waals surface area contributed by atoms with Crippen LogP contribution >= 0.6 is 0 Å². The van der Waals surface area contributed by atoms with E-state index in [1.54, 1.807) is 0 Å². The molecule has 0 fully saturated rings. The number of rotatable bonds is 0. The third kappa shape index (κ3) is 3.74. The van der Waals surface area contributed by atoms with Crippen LogP contribution in [-0.4, -0.2) is 56.4 Å². The number of benzene rings is 4. The van der Waals surface area contributed by atoms with Crippen molar-refractivity contribution in [2.24, 2.45) is 4.72 Å². The Labute approximate surface area is 247 Å². The zero-order valence-electron chi connectivity index (χ0n) is 22.5. The summed E-state index contributed by atoms with van der Waals surface area (Å²) in [4.78, 5) is 36.8. The van der Waals surface area contributed by atoms with Crippen molar-refractivity contribution in [2.75, 3.05) is 0 Å². The van der Waals surface area contributed by atoms with Gasteiger partial charge in [0, 0.05) is 43.8 Å². The molecule has 9 rings (SSSR count). The molecular weight excluding hydrogens is 537 g/mol. The monoisotopic (exact) mass is 559 g/mol. The van der Waals surface area contributed by atoms with Crippen molar-refractivity contribution in [2.45, 2.75) is 0 Å². The average molecular weight is 560 g/mol. The second-order valence-corrected chi connectivity index (χ2v) is 9.79. The molecule has 3 aromatic heterocycles. The van der Waals surface area contributed by atoms with Crippen LogP contribution < -0.4 is 4.72 Å². The highest BCUT2D eigenvalue weighted by Gasteiger charge is 2.21. The summed E-state index contributed by atoms with van der Waals surface area (Å²) in [5.41, 5.74) is 6.45. The van der Waals surface area contributed by atoms with E-state index in [9.17, 15) is 0 Å². The van der Waals surface area contributed by atoms with E-state index in [4.69, 9.17) is 29.9 Å². The van der Waals surface area contributed by atoms with Crippen LogP contribution in [0.25, 0.3) is 89.7 Å². The molecule has 8 bridgehead atoms. The van der Waals surface area contributed by atoms with Crippen LogP contribution in [0.1, 0.15) is 0 Å². The van der Waals surface area contributed by atoms with Gasteiger partial charge in [0.2, 0.25) is 0 Å². The maximum absolute atomic E-state index is 5.02. The largest absolute Gasteiger partial charge is 0.418 e. The van der Waals surface area contributed by atoms with Gasteiger partial charge in [0.25, 0.3) is 0 Å². The molecule has 42 heavy (non-hydrogen) atoms. The first-order valence-corrected chi connectivity index (χ1v) is 14.7. The van der Waals surface area contributed by atoms with Gasteiger partial charge in [-0.05, 0) is 0 Å². The lowest BCUT2D eigenvalue weighted by molar-refractivity contribution is 1.19. The lowest BCUT2D eigenvalue weighted by atomic mass is 10.1. The van der Waals surface area contributed by atoms with Crippen LogP contribution in [0.2, 0.25) is 0 Å². The van der Waals surface area contributed by atoms with Crippen LogP contribution in [0, 0.1) is 0 Å². The first-order valence-electron chi connectivity index (χ1n) is 13.6. The number of hydrogen-bond donors (Lipinski definition) is 3. The number of hydrogen-bond acceptors (Lipinski definition) is 7. The van der Waals surface area contributed by atoms with E-state index in [1.165, 1.54) is 0 Å². The smallest absolute Gasteiger partial charge is 0.316 e. The van der Waals surface area contributed by atoms with Gasteiger partial charge in [-0.15, -0.1) is 0 Å². The molecule has 4 aromatic carbocycles. The standard InChI is InChI=1S/C32H18N8.Al.H2N.2H/c1-2-10-18-17(9-1)25-33-26(18)38-28-21-13-5-6-14-22(21)30(35-28)40-32-24-16-8-7-15-23(24)31(36-32)39-29-20-12-4-3-11-19(20)27(34-29)37-25;;;;/h1-16H,(H2,33,34,35,36,37,38,39,40);;1H2;;/q;+1;-1;;. The molecule has 0 amide bonds. The Morgan fingerprint density at radius 3 is 0.857 bits per heavy atom. The molecule has 0 unspecified atom stereocenters. The number of aromatic amines is 2. The van der Waals surface area contributed by atoms with Crippen molar-refractivity contribution in [1.82, 2.24) is 39.9 Å². The lowest BCUT2D eigenvalue weighted by Crippen LogP contribution is -1.82. The summed E-state index contributed by atoms with van der Waals surface area (Å²) in [6.07, 6.45) is 0. The van der Waals surface area contributed by atoms with Gasteiger partial charge in [-0.3, -0.25) is 0 Å². The van der Waals surface area contributed by atoms with Crippen LogP contribution in [0.4, 0.5) is 0 Å². The maximum Gasteiger partial charge on any atom is 0.316 e. The minimum Gasteiger partial charge on any atom is -0.418 e. The van der Waals surface area contributed by atoms with E-state index in [-0.39, 0.29) is 0 Å². The molecule has 5 heterocycles. The van der Waals surface area contributed by atoms with Crippen molar-refractivity contribution in [3.05, 3.63) is 97.1 Å². The Morgan fingerprint density at radius 1 is 0.357 bits per heavy atom. The molecular formula is C32H22AlN9. The molecule has 0 aliphatic carbocycles. The summed E-state index contributed by atoms with van der Waals surface area (Å²) in [5, 5.41) is 3.82. The van der Waals surface area contributed by atoms with Crippen LogP contribution in [-0.2, 0) is 0 Å². The topological polar surface area (TPSA) is 135 Å². The summed E-state index contributed by atoms with van der Waals surface area (Å²) >= 11 is 0.806. The number of nitrogens with one attached hydrogen (secondary N) is 2. The Bertz CT molecular complexity index is 2040. The molecule has 0 atom stereocenters. The number of nitrogens with zero attached hydrogens (tertiary/aromatic N) is 6. The summed E-state index contributed by atoms with van der Waals surface area (Å²) in [5.74, 6) is 2.39. The highest BCUT2D eigenvalue weighted by molar-refractivity contribution is 6.06. The minimum atomic E-state index is 0.597. The highest BCUT2D eigenvalue weighted by Crippen LogP contribution is 2.36. The molecule has 10 heteroatoms. The predicted molar refractivity (Wildman–Crippen MR) is 169 cm³/mol. The van der Waals surface area contributed by atoms with Crippen LogP contribution in [0.3, 0.4) is 0 Å². The van der Waals surface area contributed by atoms with E-state index in [0.29, 0.717) is 45.9 Å². The molecule has 2 aliphatic rings. The van der Waals surface area contributed by atoms with Crippen molar-refractivity contribution < 1.29 is 0 Å². The van der Waals surface area contributed by atoms with E-state index in [2.05, 4.69) is 14.7 Å². The van der Waals surface area contributed by atoms with Crippen LogP contribution in [0.5, 0.6) is 0 Å². The normalized spacial score (nSPS) is 11.5. The van der Waals surface area contributed by atoms with Gasteiger partial charge in [-0.2, -0.15) is 0 Å². The SMILES string of the molecule is [NH2][AlH2].c1ccc2c(c1)-c1nc-2nc2[nH]c(nc3nc(nc4[nH]c(n1)c1ccccc41)-c1ccccc1-3)c1ccccc21. The highest BCUT2D eigenvalue weighted by atomic mass is 27.1. The van der Waals surface area contributed by atoms with E-state index >= 15 is 0 Å².